The molecule has 0 atom stereocenters. The van der Waals surface area contributed by atoms with Crippen LogP contribution in [0.5, 0.6) is 0 Å². The van der Waals surface area contributed by atoms with Crippen molar-refractivity contribution in [3.8, 4) is 6.13 Å². The number of thioether (sulfide) groups is 1. The summed E-state index contributed by atoms with van der Waals surface area (Å²) < 4.78 is 0. The predicted molar refractivity (Wildman–Crippen MR) is 59.2 cm³/mol. The average Bonchev–Trinajstić information content (AvgIpc) is 2.03. The monoisotopic (exact) mass is 195 g/mol. The van der Waals surface area contributed by atoms with Crippen molar-refractivity contribution in [1.29, 1.82) is 0 Å². The second kappa shape index (κ2) is 4.14. The van der Waals surface area contributed by atoms with Gasteiger partial charge in [0.25, 0.3) is 0 Å². The Kier molecular flexibility index (Phi) is 3.40. The van der Waals surface area contributed by atoms with Crippen LogP contribution in [0.25, 0.3) is 0 Å². The van der Waals surface area contributed by atoms with Gasteiger partial charge in [0.05, 0.1) is 0 Å². The number of benzene rings is 1. The molecule has 0 fully saturated rings. The molecule has 0 unspecified atom stereocenters. The first-order valence-electron chi connectivity index (χ1n) is 3.75. The van der Waals surface area contributed by atoms with Crippen LogP contribution in [-0.4, -0.2) is 6.26 Å². The molecule has 0 aliphatic heterocycles. The average molecular weight is 195 g/mol. The van der Waals surface area contributed by atoms with Gasteiger partial charge in [-0.3, -0.25) is 0 Å². The van der Waals surface area contributed by atoms with Gasteiger partial charge in [-0.25, -0.2) is 0 Å². The van der Waals surface area contributed by atoms with Gasteiger partial charge in [-0.1, -0.05) is 0 Å². The van der Waals surface area contributed by atoms with Crippen molar-refractivity contribution in [2.24, 2.45) is 0 Å². The normalized spacial score (nSPS) is 9.83. The summed E-state index contributed by atoms with van der Waals surface area (Å²) in [5, 5.41) is 1.24. The van der Waals surface area contributed by atoms with Crippen molar-refractivity contribution < 1.29 is 0 Å². The standard InChI is InChI=1S/C10H12PS/c1-7-5-8(2)10(12-4)9(6-7)11-3/h3,5-6H,1-2,4H3/q+1. The van der Waals surface area contributed by atoms with Gasteiger partial charge in [0, 0.05) is 0 Å². The molecule has 0 radical (unpaired) electrons. The van der Waals surface area contributed by atoms with Crippen LogP contribution in [0.3, 0.4) is 0 Å². The first kappa shape index (κ1) is 9.86. The Morgan fingerprint density at radius 1 is 1.33 bits per heavy atom. The molecule has 1 aromatic rings. The number of aryl methyl sites for hydroxylation is 2. The van der Waals surface area contributed by atoms with E-state index in [-0.39, 0.29) is 0 Å². The van der Waals surface area contributed by atoms with Crippen molar-refractivity contribution >= 4 is 25.1 Å². The van der Waals surface area contributed by atoms with E-state index in [4.69, 9.17) is 6.13 Å². The van der Waals surface area contributed by atoms with E-state index in [1.807, 2.05) is 0 Å². The van der Waals surface area contributed by atoms with Gasteiger partial charge in [0.1, 0.15) is 0 Å². The Balaban J connectivity index is 3.36. The van der Waals surface area contributed by atoms with E-state index < -0.39 is 0 Å². The molecule has 0 heterocycles. The van der Waals surface area contributed by atoms with Crippen LogP contribution in [-0.2, 0) is 0 Å². The van der Waals surface area contributed by atoms with Crippen LogP contribution in [0, 0.1) is 20.0 Å². The first-order valence-corrected chi connectivity index (χ1v) is 5.94. The molecule has 0 nitrogen and oxygen atoms in total. The first-order chi connectivity index (χ1) is 5.69. The van der Waals surface area contributed by atoms with Crippen LogP contribution in [0.15, 0.2) is 17.0 Å². The molecule has 12 heavy (non-hydrogen) atoms. The summed E-state index contributed by atoms with van der Waals surface area (Å²) in [6.07, 6.45) is 7.71. The molecule has 0 amide bonds. The van der Waals surface area contributed by atoms with Crippen molar-refractivity contribution in [1.82, 2.24) is 0 Å². The van der Waals surface area contributed by atoms with Gasteiger partial charge in [-0.2, -0.15) is 0 Å². The molecule has 0 N–H and O–H groups in total. The summed E-state index contributed by atoms with van der Waals surface area (Å²) in [6.45, 7) is 4.24. The Morgan fingerprint density at radius 2 is 2.00 bits per heavy atom. The molecular weight excluding hydrogens is 183 g/mol. The second-order valence-corrected chi connectivity index (χ2v) is 4.32. The van der Waals surface area contributed by atoms with Crippen LogP contribution in [0.4, 0.5) is 0 Å². The van der Waals surface area contributed by atoms with E-state index in [9.17, 15) is 0 Å². The third kappa shape index (κ3) is 1.93. The zero-order valence-electron chi connectivity index (χ0n) is 7.59. The zero-order valence-corrected chi connectivity index (χ0v) is 9.30. The van der Waals surface area contributed by atoms with Crippen molar-refractivity contribution in [2.45, 2.75) is 18.7 Å². The fraction of sp³-hybridized carbons (Fsp3) is 0.300. The molecule has 1 aromatic carbocycles. The quantitative estimate of drug-likeness (QED) is 0.490. The van der Waals surface area contributed by atoms with Crippen LogP contribution >= 0.6 is 19.8 Å². The number of hydrogen-bond donors (Lipinski definition) is 0. The Hall–Kier alpha value is -0.220. The number of rotatable bonds is 1. The second-order valence-electron chi connectivity index (χ2n) is 2.76. The number of hydrogen-bond acceptors (Lipinski definition) is 1. The van der Waals surface area contributed by atoms with E-state index in [2.05, 4.69) is 32.2 Å². The molecule has 0 saturated carbocycles. The molecule has 0 bridgehead atoms. The van der Waals surface area contributed by atoms with Gasteiger partial charge in [-0.05, 0) is 0 Å². The molecule has 0 spiro atoms. The Labute approximate surface area is 79.8 Å². The van der Waals surface area contributed by atoms with Crippen molar-refractivity contribution in [3.63, 3.8) is 0 Å². The summed E-state index contributed by atoms with van der Waals surface area (Å²) in [7, 11) is 0.868. The summed E-state index contributed by atoms with van der Waals surface area (Å²) >= 11 is 1.77. The van der Waals surface area contributed by atoms with Gasteiger partial charge in [0.15, 0.2) is 0 Å². The van der Waals surface area contributed by atoms with Crippen LogP contribution in [0.1, 0.15) is 11.1 Å². The van der Waals surface area contributed by atoms with Crippen molar-refractivity contribution in [2.75, 3.05) is 6.26 Å². The van der Waals surface area contributed by atoms with Crippen LogP contribution < -0.4 is 5.30 Å². The SMILES string of the molecule is C#[P+]c1cc(C)cc(C)c1SC. The van der Waals surface area contributed by atoms with Crippen LogP contribution in [0.2, 0.25) is 0 Å². The summed E-state index contributed by atoms with van der Waals surface area (Å²) in [4.78, 5) is 1.32. The maximum absolute atomic E-state index is 5.62. The molecule has 1 rings (SSSR count). The van der Waals surface area contributed by atoms with Crippen molar-refractivity contribution in [3.05, 3.63) is 23.3 Å². The summed E-state index contributed by atoms with van der Waals surface area (Å²) in [5.74, 6) is 0. The van der Waals surface area contributed by atoms with E-state index in [1.165, 1.54) is 21.3 Å². The molecule has 2 heteroatoms. The Morgan fingerprint density at radius 3 is 2.50 bits per heavy atom. The molecule has 0 aromatic heterocycles. The Bertz CT molecular complexity index is 336. The van der Waals surface area contributed by atoms with E-state index in [0.717, 1.165) is 8.04 Å². The third-order valence-corrected chi connectivity index (χ3v) is 3.47. The van der Waals surface area contributed by atoms with E-state index in [1.54, 1.807) is 11.8 Å². The molecule has 0 saturated heterocycles. The molecule has 0 aliphatic rings. The summed E-state index contributed by atoms with van der Waals surface area (Å²) in [5.41, 5.74) is 2.62. The topological polar surface area (TPSA) is 0 Å². The fourth-order valence-corrected chi connectivity index (χ4v) is 2.95. The van der Waals surface area contributed by atoms with E-state index in [0.29, 0.717) is 0 Å². The summed E-state index contributed by atoms with van der Waals surface area (Å²) in [6, 6.07) is 4.35. The van der Waals surface area contributed by atoms with Gasteiger partial charge >= 0.3 is 79.5 Å². The predicted octanol–water partition coefficient (Wildman–Crippen LogP) is 3.19. The minimum atomic E-state index is 0.868. The molecular formula is C10H12PS+. The minimum absolute atomic E-state index is 0.868. The molecule has 62 valence electrons. The van der Waals surface area contributed by atoms with E-state index >= 15 is 0 Å². The maximum atomic E-state index is 5.62. The third-order valence-electron chi connectivity index (χ3n) is 1.74. The van der Waals surface area contributed by atoms with Gasteiger partial charge in [0.2, 0.25) is 0 Å². The molecule has 0 aliphatic carbocycles. The zero-order chi connectivity index (χ0) is 9.14. The fourth-order valence-electron chi connectivity index (χ4n) is 1.29. The van der Waals surface area contributed by atoms with Gasteiger partial charge in [-0.15, -0.1) is 0 Å². The van der Waals surface area contributed by atoms with Gasteiger partial charge < -0.3 is 0 Å².